The number of nitrogens with zero attached hydrogens (tertiary/aromatic N) is 1. The second-order valence-electron chi connectivity index (χ2n) is 4.14. The molecule has 17 heavy (non-hydrogen) atoms. The molecule has 0 spiro atoms. The molecule has 1 aliphatic rings. The van der Waals surface area contributed by atoms with E-state index in [-0.39, 0.29) is 18.2 Å². The van der Waals surface area contributed by atoms with Gasteiger partial charge in [-0.3, -0.25) is 9.69 Å². The van der Waals surface area contributed by atoms with Crippen molar-refractivity contribution in [2.24, 2.45) is 5.92 Å². The third-order valence-corrected chi connectivity index (χ3v) is 2.74. The van der Waals surface area contributed by atoms with Crippen molar-refractivity contribution in [1.82, 2.24) is 4.90 Å². The number of amides is 1. The van der Waals surface area contributed by atoms with Crippen LogP contribution < -0.4 is 0 Å². The first kappa shape index (κ1) is 13.2. The molecule has 6 heteroatoms. The van der Waals surface area contributed by atoms with Gasteiger partial charge in [-0.05, 0) is 31.8 Å². The van der Waals surface area contributed by atoms with Crippen molar-refractivity contribution in [2.45, 2.75) is 25.8 Å². The van der Waals surface area contributed by atoms with E-state index >= 15 is 0 Å². The fraction of sp³-hybridized carbons (Fsp3) is 0.545. The fourth-order valence-electron chi connectivity index (χ4n) is 1.97. The summed E-state index contributed by atoms with van der Waals surface area (Å²) in [6.07, 6.45) is 2.68. The second kappa shape index (κ2) is 5.47. The number of likely N-dealkylation sites (tertiary alicyclic amines) is 1. The summed E-state index contributed by atoms with van der Waals surface area (Å²) < 4.78 is 0. The number of ketones is 1. The van der Waals surface area contributed by atoms with E-state index in [1.165, 1.54) is 13.0 Å². The molecule has 2 N–H and O–H groups in total. The van der Waals surface area contributed by atoms with Crippen molar-refractivity contribution in [3.05, 3.63) is 12.2 Å². The Hall–Kier alpha value is -1.85. The number of carbonyl (C=O) groups is 3. The Balaban J connectivity index is 2.60. The summed E-state index contributed by atoms with van der Waals surface area (Å²) in [4.78, 5) is 33.3. The lowest BCUT2D eigenvalue weighted by Gasteiger charge is -2.16. The first-order valence-corrected chi connectivity index (χ1v) is 5.31. The lowest BCUT2D eigenvalue weighted by Crippen LogP contribution is -2.39. The Morgan fingerprint density at radius 3 is 2.41 bits per heavy atom. The quantitative estimate of drug-likeness (QED) is 0.715. The van der Waals surface area contributed by atoms with E-state index in [0.29, 0.717) is 12.8 Å². The highest BCUT2D eigenvalue weighted by molar-refractivity contribution is 5.87. The van der Waals surface area contributed by atoms with Crippen LogP contribution in [0.5, 0.6) is 0 Å². The molecule has 0 bridgehead atoms. The molecule has 6 nitrogen and oxygen atoms in total. The van der Waals surface area contributed by atoms with Crippen molar-refractivity contribution < 1.29 is 24.6 Å². The van der Waals surface area contributed by atoms with E-state index in [2.05, 4.69) is 0 Å². The predicted octanol–water partition coefficient (Wildman–Crippen LogP) is 0.975. The first-order chi connectivity index (χ1) is 7.91. The topological polar surface area (TPSA) is 94.9 Å². The Bertz CT molecular complexity index is 341. The highest BCUT2D eigenvalue weighted by Crippen LogP contribution is 2.26. The largest absolute Gasteiger partial charge is 0.480 e. The van der Waals surface area contributed by atoms with Gasteiger partial charge in [0, 0.05) is 6.54 Å². The van der Waals surface area contributed by atoms with Crippen molar-refractivity contribution in [2.75, 3.05) is 6.54 Å². The molecule has 94 valence electrons. The molecule has 0 aromatic rings. The number of allylic oxidation sites excluding steroid dienone is 2. The minimum atomic E-state index is -1.21. The zero-order chi connectivity index (χ0) is 13.0. The van der Waals surface area contributed by atoms with E-state index in [1.807, 2.05) is 0 Å². The summed E-state index contributed by atoms with van der Waals surface area (Å²) in [6, 6.07) is -0.969. The maximum absolute atomic E-state index is 10.9. The van der Waals surface area contributed by atoms with Gasteiger partial charge in [-0.15, -0.1) is 0 Å². The molecule has 2 atom stereocenters. The van der Waals surface area contributed by atoms with E-state index in [4.69, 9.17) is 10.2 Å². The maximum Gasteiger partial charge on any atom is 0.408 e. The van der Waals surface area contributed by atoms with Crippen molar-refractivity contribution in [1.29, 1.82) is 0 Å². The van der Waals surface area contributed by atoms with Crippen molar-refractivity contribution >= 4 is 17.8 Å². The average molecular weight is 241 g/mol. The Morgan fingerprint density at radius 1 is 1.35 bits per heavy atom. The lowest BCUT2D eigenvalue weighted by molar-refractivity contribution is -0.141. The van der Waals surface area contributed by atoms with E-state index < -0.39 is 18.1 Å². The summed E-state index contributed by atoms with van der Waals surface area (Å²) in [7, 11) is 0. The molecule has 2 unspecified atom stereocenters. The highest BCUT2D eigenvalue weighted by atomic mass is 16.4. The summed E-state index contributed by atoms with van der Waals surface area (Å²) >= 11 is 0. The van der Waals surface area contributed by atoms with Crippen LogP contribution >= 0.6 is 0 Å². The Morgan fingerprint density at radius 2 is 2.00 bits per heavy atom. The van der Waals surface area contributed by atoms with Crippen LogP contribution in [0.4, 0.5) is 4.79 Å². The first-order valence-electron chi connectivity index (χ1n) is 5.31. The summed E-state index contributed by atoms with van der Waals surface area (Å²) in [5.41, 5.74) is 0. The van der Waals surface area contributed by atoms with Gasteiger partial charge in [0.1, 0.15) is 6.04 Å². The summed E-state index contributed by atoms with van der Waals surface area (Å²) in [6.45, 7) is 1.63. The minimum Gasteiger partial charge on any atom is -0.480 e. The second-order valence-corrected chi connectivity index (χ2v) is 4.14. The lowest BCUT2D eigenvalue weighted by atomic mass is 10.0. The molecule has 0 saturated carbocycles. The zero-order valence-corrected chi connectivity index (χ0v) is 9.50. The monoisotopic (exact) mass is 241 g/mol. The van der Waals surface area contributed by atoms with Gasteiger partial charge in [0.2, 0.25) is 0 Å². The smallest absolute Gasteiger partial charge is 0.408 e. The van der Waals surface area contributed by atoms with Crippen LogP contribution in [0.2, 0.25) is 0 Å². The third kappa shape index (κ3) is 3.58. The molecule has 1 amide bonds. The van der Waals surface area contributed by atoms with Crippen LogP contribution in [-0.4, -0.2) is 45.5 Å². The van der Waals surface area contributed by atoms with Gasteiger partial charge in [0.05, 0.1) is 0 Å². The molecule has 1 saturated heterocycles. The van der Waals surface area contributed by atoms with Gasteiger partial charge in [-0.1, -0.05) is 6.08 Å². The molecular formula is C11H15NO5. The minimum absolute atomic E-state index is 0.0391. The predicted molar refractivity (Wildman–Crippen MR) is 58.7 cm³/mol. The SMILES string of the molecule is CC(=O)C=CCC1CC(C(=O)O)N(C(=O)O)C1. The molecule has 0 aromatic heterocycles. The Labute approximate surface area is 98.5 Å². The molecule has 1 aliphatic heterocycles. The molecule has 0 aliphatic carbocycles. The van der Waals surface area contributed by atoms with Crippen LogP contribution in [0.25, 0.3) is 0 Å². The zero-order valence-electron chi connectivity index (χ0n) is 9.50. The van der Waals surface area contributed by atoms with Gasteiger partial charge in [0.15, 0.2) is 5.78 Å². The van der Waals surface area contributed by atoms with E-state index in [1.54, 1.807) is 6.08 Å². The van der Waals surface area contributed by atoms with Crippen LogP contribution in [-0.2, 0) is 9.59 Å². The van der Waals surface area contributed by atoms with E-state index in [9.17, 15) is 14.4 Å². The van der Waals surface area contributed by atoms with Crippen LogP contribution in [0, 0.1) is 5.92 Å². The average Bonchev–Trinajstić information content (AvgIpc) is 2.61. The van der Waals surface area contributed by atoms with Crippen molar-refractivity contribution in [3.8, 4) is 0 Å². The standard InChI is InChI=1S/C11H15NO5/c1-7(13)3-2-4-8-5-9(10(14)15)12(6-8)11(16)17/h2-3,8-9H,4-6H2,1H3,(H,14,15)(H,16,17). The Kier molecular flexibility index (Phi) is 4.25. The number of carbonyl (C=O) groups excluding carboxylic acids is 1. The number of hydrogen-bond donors (Lipinski definition) is 2. The molecule has 0 aromatic carbocycles. The number of carboxylic acids is 1. The van der Waals surface area contributed by atoms with Gasteiger partial charge in [-0.2, -0.15) is 0 Å². The highest BCUT2D eigenvalue weighted by Gasteiger charge is 2.39. The van der Waals surface area contributed by atoms with E-state index in [0.717, 1.165) is 4.90 Å². The fourth-order valence-corrected chi connectivity index (χ4v) is 1.97. The number of carboxylic acid groups (broad SMARTS) is 2. The number of aliphatic carboxylic acids is 1. The molecule has 1 heterocycles. The molecule has 1 rings (SSSR count). The van der Waals surface area contributed by atoms with Gasteiger partial charge in [-0.25, -0.2) is 9.59 Å². The van der Waals surface area contributed by atoms with Crippen LogP contribution in [0.3, 0.4) is 0 Å². The third-order valence-electron chi connectivity index (χ3n) is 2.74. The summed E-state index contributed by atoms with van der Waals surface area (Å²) in [5, 5.41) is 17.7. The molecular weight excluding hydrogens is 226 g/mol. The van der Waals surface area contributed by atoms with Crippen LogP contribution in [0.15, 0.2) is 12.2 Å². The molecule has 0 radical (unpaired) electrons. The number of rotatable bonds is 4. The van der Waals surface area contributed by atoms with Gasteiger partial charge >= 0.3 is 12.1 Å². The number of hydrogen-bond acceptors (Lipinski definition) is 3. The maximum atomic E-state index is 10.9. The van der Waals surface area contributed by atoms with Crippen molar-refractivity contribution in [3.63, 3.8) is 0 Å². The van der Waals surface area contributed by atoms with Gasteiger partial charge in [0.25, 0.3) is 0 Å². The molecule has 1 fully saturated rings. The van der Waals surface area contributed by atoms with Crippen LogP contribution in [0.1, 0.15) is 19.8 Å². The normalized spacial score (nSPS) is 24.2. The van der Waals surface area contributed by atoms with Gasteiger partial charge < -0.3 is 10.2 Å². The summed E-state index contributed by atoms with van der Waals surface area (Å²) in [5.74, 6) is -1.24.